The minimum Gasteiger partial charge on any atom is -0.481 e. The average Bonchev–Trinajstić information content (AvgIpc) is 2.99. The minimum absolute atomic E-state index is 0.0949. The summed E-state index contributed by atoms with van der Waals surface area (Å²) in [6, 6.07) is -0.0949. The third kappa shape index (κ3) is 4.73. The van der Waals surface area contributed by atoms with Gasteiger partial charge in [-0.05, 0) is 31.6 Å². The molecule has 2 fully saturated rings. The Labute approximate surface area is 118 Å². The molecule has 20 heavy (non-hydrogen) atoms. The number of aliphatic carboxylic acids is 2. The van der Waals surface area contributed by atoms with Crippen LogP contribution >= 0.6 is 0 Å². The summed E-state index contributed by atoms with van der Waals surface area (Å²) in [5.74, 6) is 3.04. The van der Waals surface area contributed by atoms with E-state index in [1.165, 1.54) is 0 Å². The largest absolute Gasteiger partial charge is 0.481 e. The molecule has 0 spiro atoms. The van der Waals surface area contributed by atoms with Crippen molar-refractivity contribution >= 4 is 11.9 Å². The predicted octanol–water partition coefficient (Wildman–Crippen LogP) is 0.576. The van der Waals surface area contributed by atoms with Crippen LogP contribution in [0.2, 0.25) is 0 Å². The van der Waals surface area contributed by atoms with E-state index in [4.69, 9.17) is 21.8 Å². The molecule has 0 bridgehead atoms. The molecule has 4 atom stereocenters. The fourth-order valence-corrected chi connectivity index (χ4v) is 2.98. The first kappa shape index (κ1) is 16.9. The zero-order valence-electron chi connectivity index (χ0n) is 11.5. The Morgan fingerprint density at radius 1 is 1.00 bits per heavy atom. The van der Waals surface area contributed by atoms with Gasteiger partial charge in [0.25, 0.3) is 0 Å². The Hall–Kier alpha value is -1.18. The number of rotatable bonds is 4. The molecule has 0 saturated heterocycles. The Balaban J connectivity index is 0.000000204. The third-order valence-corrected chi connectivity index (χ3v) is 4.17. The molecule has 6 N–H and O–H groups in total. The molecule has 7 heteroatoms. The number of carboxylic acids is 2. The monoisotopic (exact) mass is 288 g/mol. The van der Waals surface area contributed by atoms with Crippen molar-refractivity contribution in [1.82, 2.24) is 0 Å². The van der Waals surface area contributed by atoms with E-state index in [0.717, 1.165) is 38.5 Å². The van der Waals surface area contributed by atoms with Gasteiger partial charge in [0.2, 0.25) is 0 Å². The van der Waals surface area contributed by atoms with Crippen LogP contribution in [0.25, 0.3) is 0 Å². The maximum absolute atomic E-state index is 10.6. The first-order valence-electron chi connectivity index (χ1n) is 7.00. The molecule has 0 aliphatic heterocycles. The van der Waals surface area contributed by atoms with E-state index >= 15 is 0 Å². The average molecular weight is 288 g/mol. The fraction of sp³-hybridized carbons (Fsp3) is 0.846. The molecule has 7 nitrogen and oxygen atoms in total. The van der Waals surface area contributed by atoms with Crippen molar-refractivity contribution in [3.05, 3.63) is 0 Å². The highest BCUT2D eigenvalue weighted by Gasteiger charge is 2.32. The van der Waals surface area contributed by atoms with Crippen LogP contribution in [-0.4, -0.2) is 34.8 Å². The lowest BCUT2D eigenvalue weighted by atomic mass is 9.97. The van der Waals surface area contributed by atoms with E-state index < -0.39 is 11.9 Å². The zero-order chi connectivity index (χ0) is 15.1. The number of hydrogen-bond donors (Lipinski definition) is 4. The highest BCUT2D eigenvalue weighted by molar-refractivity contribution is 5.71. The molecule has 2 rings (SSSR count). The summed E-state index contributed by atoms with van der Waals surface area (Å²) in [6.07, 6.45) is 5.27. The summed E-state index contributed by atoms with van der Waals surface area (Å²) in [6.45, 7) is 0.372. The normalized spacial score (nSPS) is 32.5. The van der Waals surface area contributed by atoms with Gasteiger partial charge in [-0.15, -0.1) is 0 Å². The molecule has 0 radical (unpaired) electrons. The number of carbonyl (C=O) groups is 2. The highest BCUT2D eigenvalue weighted by Crippen LogP contribution is 2.31. The van der Waals surface area contributed by atoms with Crippen LogP contribution < -0.4 is 11.6 Å². The molecule has 0 heterocycles. The van der Waals surface area contributed by atoms with Gasteiger partial charge in [0, 0.05) is 6.04 Å². The van der Waals surface area contributed by atoms with Crippen LogP contribution in [0.15, 0.2) is 0 Å². The first-order valence-corrected chi connectivity index (χ1v) is 7.00. The van der Waals surface area contributed by atoms with Gasteiger partial charge in [-0.25, -0.2) is 5.90 Å². The Morgan fingerprint density at radius 3 is 1.95 bits per heavy atom. The Bertz CT molecular complexity index is 337. The molecule has 2 saturated carbocycles. The van der Waals surface area contributed by atoms with Gasteiger partial charge in [0.15, 0.2) is 0 Å². The van der Waals surface area contributed by atoms with Crippen LogP contribution in [0.5, 0.6) is 0 Å². The Morgan fingerprint density at radius 2 is 1.55 bits per heavy atom. The molecule has 0 aromatic heterocycles. The smallest absolute Gasteiger partial charge is 0.308 e. The first-order chi connectivity index (χ1) is 9.47. The maximum atomic E-state index is 10.6. The third-order valence-electron chi connectivity index (χ3n) is 4.17. The van der Waals surface area contributed by atoms with Crippen LogP contribution in [0.4, 0.5) is 0 Å². The van der Waals surface area contributed by atoms with Gasteiger partial charge in [-0.3, -0.25) is 9.59 Å². The summed E-state index contributed by atoms with van der Waals surface area (Å²) in [5, 5.41) is 17.2. The van der Waals surface area contributed by atoms with Crippen molar-refractivity contribution in [2.75, 3.05) is 6.61 Å². The van der Waals surface area contributed by atoms with E-state index in [1.54, 1.807) is 0 Å². The van der Waals surface area contributed by atoms with Crippen molar-refractivity contribution < 1.29 is 24.6 Å². The van der Waals surface area contributed by atoms with Gasteiger partial charge in [0.05, 0.1) is 18.4 Å². The van der Waals surface area contributed by atoms with Crippen LogP contribution in [0.1, 0.15) is 38.5 Å². The Kier molecular flexibility index (Phi) is 6.90. The lowest BCUT2D eigenvalue weighted by Gasteiger charge is -2.12. The van der Waals surface area contributed by atoms with Crippen LogP contribution in [0, 0.1) is 17.8 Å². The number of carboxylic acid groups (broad SMARTS) is 2. The summed E-state index contributed by atoms with van der Waals surface area (Å²) in [4.78, 5) is 25.4. The van der Waals surface area contributed by atoms with E-state index in [-0.39, 0.29) is 23.8 Å². The topological polar surface area (TPSA) is 136 Å². The standard InChI is InChI=1S/C7H13NO3.C6H11NO2/c8-11-4-5-2-1-3-6(5)7(9)10;7-5-3-1-2-4(5)6(8)9/h5-6H,1-4,8H2,(H,9,10);4-5H,1-3,7H2,(H,8,9). The lowest BCUT2D eigenvalue weighted by molar-refractivity contribution is -0.144. The summed E-state index contributed by atoms with van der Waals surface area (Å²) < 4.78 is 0. The number of hydrogen-bond acceptors (Lipinski definition) is 5. The lowest BCUT2D eigenvalue weighted by Crippen LogP contribution is -2.30. The molecule has 2 aliphatic carbocycles. The second-order valence-electron chi connectivity index (χ2n) is 5.51. The molecule has 4 unspecified atom stereocenters. The quantitative estimate of drug-likeness (QED) is 0.555. The maximum Gasteiger partial charge on any atom is 0.308 e. The van der Waals surface area contributed by atoms with Gasteiger partial charge in [-0.2, -0.15) is 0 Å². The predicted molar refractivity (Wildman–Crippen MR) is 71.6 cm³/mol. The molecule has 0 aromatic rings. The molecule has 2 aliphatic rings. The molecular formula is C13H24N2O5. The van der Waals surface area contributed by atoms with Crippen molar-refractivity contribution in [2.24, 2.45) is 29.4 Å². The van der Waals surface area contributed by atoms with E-state index in [9.17, 15) is 9.59 Å². The van der Waals surface area contributed by atoms with Crippen molar-refractivity contribution in [3.63, 3.8) is 0 Å². The summed E-state index contributed by atoms with van der Waals surface area (Å²) in [7, 11) is 0. The van der Waals surface area contributed by atoms with Crippen molar-refractivity contribution in [2.45, 2.75) is 44.6 Å². The fourth-order valence-electron chi connectivity index (χ4n) is 2.98. The van der Waals surface area contributed by atoms with Gasteiger partial charge in [-0.1, -0.05) is 12.8 Å². The second kappa shape index (κ2) is 8.18. The zero-order valence-corrected chi connectivity index (χ0v) is 11.5. The van der Waals surface area contributed by atoms with Crippen molar-refractivity contribution in [1.29, 1.82) is 0 Å². The van der Waals surface area contributed by atoms with Gasteiger partial charge < -0.3 is 20.8 Å². The summed E-state index contributed by atoms with van der Waals surface area (Å²) >= 11 is 0. The molecular weight excluding hydrogens is 264 g/mol. The number of nitrogens with two attached hydrogens (primary N) is 2. The van der Waals surface area contributed by atoms with Crippen LogP contribution in [0.3, 0.4) is 0 Å². The van der Waals surface area contributed by atoms with Gasteiger partial charge >= 0.3 is 11.9 Å². The highest BCUT2D eigenvalue weighted by atomic mass is 16.6. The van der Waals surface area contributed by atoms with E-state index in [2.05, 4.69) is 4.84 Å². The van der Waals surface area contributed by atoms with E-state index in [1.807, 2.05) is 0 Å². The minimum atomic E-state index is -0.736. The molecule has 116 valence electrons. The second-order valence-corrected chi connectivity index (χ2v) is 5.51. The van der Waals surface area contributed by atoms with Crippen molar-refractivity contribution in [3.8, 4) is 0 Å². The summed E-state index contributed by atoms with van der Waals surface area (Å²) in [5.41, 5.74) is 5.50. The van der Waals surface area contributed by atoms with E-state index in [0.29, 0.717) is 6.61 Å². The molecule has 0 aromatic carbocycles. The SMILES string of the molecule is NC1CCCC1C(=O)O.NOCC1CCCC1C(=O)O. The molecule has 0 amide bonds. The van der Waals surface area contributed by atoms with Crippen LogP contribution in [-0.2, 0) is 14.4 Å². The van der Waals surface area contributed by atoms with Gasteiger partial charge in [0.1, 0.15) is 0 Å².